The molecule has 0 aromatic rings. The Morgan fingerprint density at radius 1 is 1.43 bits per heavy atom. The van der Waals surface area contributed by atoms with Gasteiger partial charge in [-0.15, -0.1) is 0 Å². The summed E-state index contributed by atoms with van der Waals surface area (Å²) in [7, 11) is 0. The maximum absolute atomic E-state index is 7.95. The highest BCUT2D eigenvalue weighted by atomic mass is 14.2. The Kier molecular flexibility index (Phi) is 4.36. The monoisotopic (exact) mass is 92.1 g/mol. The fourth-order valence-electron chi connectivity index (χ4n) is 0.256. The summed E-state index contributed by atoms with van der Waals surface area (Å²) in [5.74, 6) is 2.20. The standard InChI is InChI=1S/C6H6N/c1-2-3-4-5-6-7/h3-5H2. The molecule has 0 fully saturated rings. The number of nitriles is 1. The molecule has 1 radical (unpaired) electrons. The topological polar surface area (TPSA) is 23.8 Å². The zero-order chi connectivity index (χ0) is 5.54. The molecule has 0 saturated carbocycles. The van der Waals surface area contributed by atoms with E-state index in [1.165, 1.54) is 0 Å². The minimum Gasteiger partial charge on any atom is -0.198 e. The predicted octanol–water partition coefficient (Wildman–Crippen LogP) is 1.27. The van der Waals surface area contributed by atoms with Crippen LogP contribution in [0.4, 0.5) is 0 Å². The lowest BCUT2D eigenvalue weighted by Crippen LogP contribution is -1.65. The van der Waals surface area contributed by atoms with Crippen LogP contribution in [0.1, 0.15) is 19.3 Å². The van der Waals surface area contributed by atoms with Gasteiger partial charge in [-0.25, -0.2) is 0 Å². The van der Waals surface area contributed by atoms with Gasteiger partial charge in [0.05, 0.1) is 6.07 Å². The van der Waals surface area contributed by atoms with Gasteiger partial charge < -0.3 is 0 Å². The van der Waals surface area contributed by atoms with Gasteiger partial charge in [-0.2, -0.15) is 5.26 Å². The Hall–Kier alpha value is -0.950. The average Bonchev–Trinajstić information content (AvgIpc) is 1.69. The molecule has 0 saturated heterocycles. The van der Waals surface area contributed by atoms with E-state index < -0.39 is 0 Å². The van der Waals surface area contributed by atoms with Gasteiger partial charge in [0.2, 0.25) is 0 Å². The highest BCUT2D eigenvalue weighted by Gasteiger charge is 1.77. The Bertz CT molecular complexity index is 88.3. The van der Waals surface area contributed by atoms with Crippen LogP contribution >= 0.6 is 0 Å². The minimum absolute atomic E-state index is 0.548. The van der Waals surface area contributed by atoms with Gasteiger partial charge in [-0.1, -0.05) is 5.92 Å². The number of unbranched alkanes of at least 4 members (excludes halogenated alkanes) is 2. The van der Waals surface area contributed by atoms with Crippen LogP contribution in [0.15, 0.2) is 0 Å². The van der Waals surface area contributed by atoms with Gasteiger partial charge in [0.1, 0.15) is 0 Å². The quantitative estimate of drug-likeness (QED) is 0.371. The smallest absolute Gasteiger partial charge is 0.0622 e. The molecule has 0 aliphatic carbocycles. The number of nitrogens with zero attached hydrogens (tertiary/aromatic N) is 1. The van der Waals surface area contributed by atoms with Crippen molar-refractivity contribution in [3.05, 3.63) is 6.42 Å². The van der Waals surface area contributed by atoms with E-state index in [1.807, 2.05) is 6.07 Å². The lowest BCUT2D eigenvalue weighted by Gasteiger charge is -1.77. The van der Waals surface area contributed by atoms with Crippen molar-refractivity contribution in [1.29, 1.82) is 5.26 Å². The van der Waals surface area contributed by atoms with E-state index in [9.17, 15) is 0 Å². The van der Waals surface area contributed by atoms with E-state index in [-0.39, 0.29) is 0 Å². The summed E-state index contributed by atoms with van der Waals surface area (Å²) in [5.41, 5.74) is 0. The summed E-state index contributed by atoms with van der Waals surface area (Å²) in [5, 5.41) is 7.95. The van der Waals surface area contributed by atoms with Gasteiger partial charge >= 0.3 is 0 Å². The minimum atomic E-state index is 0.548. The molecule has 0 rings (SSSR count). The predicted molar refractivity (Wildman–Crippen MR) is 26.6 cm³/mol. The molecule has 0 atom stereocenters. The molecular formula is C6H6N. The molecule has 35 valence electrons. The lowest BCUT2D eigenvalue weighted by atomic mass is 10.3. The molecule has 0 heterocycles. The first-order chi connectivity index (χ1) is 3.41. The third-order valence-electron chi connectivity index (χ3n) is 0.590. The van der Waals surface area contributed by atoms with Crippen molar-refractivity contribution >= 4 is 0 Å². The highest BCUT2D eigenvalue weighted by molar-refractivity contribution is 4.78. The van der Waals surface area contributed by atoms with Crippen LogP contribution in [0.5, 0.6) is 0 Å². The zero-order valence-corrected chi connectivity index (χ0v) is 4.07. The highest BCUT2D eigenvalue weighted by Crippen LogP contribution is 1.89. The second-order valence-corrected chi connectivity index (χ2v) is 1.19. The van der Waals surface area contributed by atoms with Crippen LogP contribution in [0.25, 0.3) is 0 Å². The molecule has 0 aliphatic rings. The van der Waals surface area contributed by atoms with Crippen LogP contribution < -0.4 is 0 Å². The maximum Gasteiger partial charge on any atom is 0.0622 e. The van der Waals surface area contributed by atoms with Gasteiger partial charge in [0.15, 0.2) is 0 Å². The molecule has 1 heteroatoms. The fourth-order valence-corrected chi connectivity index (χ4v) is 0.256. The molecule has 7 heavy (non-hydrogen) atoms. The molecule has 0 unspecified atom stereocenters. The van der Waals surface area contributed by atoms with Crippen LogP contribution in [0, 0.1) is 23.7 Å². The third-order valence-corrected chi connectivity index (χ3v) is 0.590. The van der Waals surface area contributed by atoms with Crippen LogP contribution in [-0.2, 0) is 0 Å². The van der Waals surface area contributed by atoms with Crippen molar-refractivity contribution in [3.63, 3.8) is 0 Å². The molecule has 0 aromatic carbocycles. The first-order valence-electron chi connectivity index (χ1n) is 2.18. The molecule has 0 aliphatic heterocycles. The summed E-state index contributed by atoms with van der Waals surface area (Å²) in [6.45, 7) is 0. The Morgan fingerprint density at radius 3 is 2.57 bits per heavy atom. The SMILES string of the molecule is [C]#CCCCC#N. The Labute approximate surface area is 44.0 Å². The number of hydrogen-bond acceptors (Lipinski definition) is 1. The van der Waals surface area contributed by atoms with Crippen LogP contribution in [-0.4, -0.2) is 0 Å². The van der Waals surface area contributed by atoms with Crippen molar-refractivity contribution < 1.29 is 0 Å². The second-order valence-electron chi connectivity index (χ2n) is 1.19. The number of hydrogen-bond donors (Lipinski definition) is 0. The summed E-state index contributed by atoms with van der Waals surface area (Å²) < 4.78 is 0. The summed E-state index contributed by atoms with van der Waals surface area (Å²) in [6.07, 6.45) is 8.37. The summed E-state index contributed by atoms with van der Waals surface area (Å²) >= 11 is 0. The third kappa shape index (κ3) is 5.05. The largest absolute Gasteiger partial charge is 0.198 e. The first-order valence-corrected chi connectivity index (χ1v) is 2.18. The van der Waals surface area contributed by atoms with Gasteiger partial charge in [-0.3, -0.25) is 0 Å². The normalized spacial score (nSPS) is 6.57. The molecule has 1 nitrogen and oxygen atoms in total. The molecule has 0 N–H and O–H groups in total. The molecule has 0 spiro atoms. The summed E-state index contributed by atoms with van der Waals surface area (Å²) in [6, 6.07) is 1.98. The van der Waals surface area contributed by atoms with E-state index in [0.717, 1.165) is 6.42 Å². The lowest BCUT2D eigenvalue weighted by molar-refractivity contribution is 0.894. The van der Waals surface area contributed by atoms with Crippen molar-refractivity contribution in [2.24, 2.45) is 0 Å². The van der Waals surface area contributed by atoms with Gasteiger partial charge in [0.25, 0.3) is 0 Å². The van der Waals surface area contributed by atoms with Crippen molar-refractivity contribution in [2.45, 2.75) is 19.3 Å². The first kappa shape index (κ1) is 6.05. The van der Waals surface area contributed by atoms with Gasteiger partial charge in [0, 0.05) is 12.8 Å². The van der Waals surface area contributed by atoms with E-state index in [1.54, 1.807) is 0 Å². The Morgan fingerprint density at radius 2 is 2.14 bits per heavy atom. The second kappa shape index (κ2) is 5.05. The van der Waals surface area contributed by atoms with E-state index in [2.05, 4.69) is 5.92 Å². The molecular weight excluding hydrogens is 86.1 g/mol. The number of rotatable bonds is 2. The average molecular weight is 92.1 g/mol. The van der Waals surface area contributed by atoms with Gasteiger partial charge in [-0.05, 0) is 12.8 Å². The maximum atomic E-state index is 7.95. The van der Waals surface area contributed by atoms with Crippen molar-refractivity contribution in [3.8, 4) is 12.0 Å². The molecule has 0 aromatic heterocycles. The summed E-state index contributed by atoms with van der Waals surface area (Å²) in [4.78, 5) is 0. The Balaban J connectivity index is 2.77. The van der Waals surface area contributed by atoms with Crippen LogP contribution in [0.2, 0.25) is 0 Å². The zero-order valence-electron chi connectivity index (χ0n) is 4.07. The van der Waals surface area contributed by atoms with E-state index >= 15 is 0 Å². The molecule has 0 bridgehead atoms. The fraction of sp³-hybridized carbons (Fsp3) is 0.500. The van der Waals surface area contributed by atoms with Crippen molar-refractivity contribution in [2.75, 3.05) is 0 Å². The van der Waals surface area contributed by atoms with E-state index in [4.69, 9.17) is 11.7 Å². The molecule has 0 amide bonds. The van der Waals surface area contributed by atoms with E-state index in [0.29, 0.717) is 12.8 Å². The van der Waals surface area contributed by atoms with Crippen molar-refractivity contribution in [1.82, 2.24) is 0 Å². The van der Waals surface area contributed by atoms with Crippen LogP contribution in [0.3, 0.4) is 0 Å².